The highest BCUT2D eigenvalue weighted by molar-refractivity contribution is 6.18. The molecule has 86 valence electrons. The third kappa shape index (κ3) is 6.67. The highest BCUT2D eigenvalue weighted by Gasteiger charge is 2.23. The van der Waals surface area contributed by atoms with Crippen LogP contribution in [0.2, 0.25) is 0 Å². The Morgan fingerprint density at radius 2 is 1.79 bits per heavy atom. The van der Waals surface area contributed by atoms with Crippen molar-refractivity contribution in [3.63, 3.8) is 0 Å². The summed E-state index contributed by atoms with van der Waals surface area (Å²) in [5, 5.41) is 0. The van der Waals surface area contributed by atoms with Crippen LogP contribution in [0.15, 0.2) is 0 Å². The van der Waals surface area contributed by atoms with E-state index < -0.39 is 0 Å². The first-order chi connectivity index (χ1) is 6.38. The summed E-state index contributed by atoms with van der Waals surface area (Å²) in [5.41, 5.74) is 0.295. The van der Waals surface area contributed by atoms with Gasteiger partial charge < -0.3 is 4.74 Å². The largest absolute Gasteiger partial charge is 0.381 e. The van der Waals surface area contributed by atoms with Gasteiger partial charge in [-0.2, -0.15) is 0 Å². The van der Waals surface area contributed by atoms with Crippen LogP contribution in [0.3, 0.4) is 0 Å². The maximum absolute atomic E-state index is 5.94. The van der Waals surface area contributed by atoms with Crippen LogP contribution in [0.25, 0.3) is 0 Å². The van der Waals surface area contributed by atoms with Gasteiger partial charge >= 0.3 is 0 Å². The third-order valence-corrected chi connectivity index (χ3v) is 2.85. The highest BCUT2D eigenvalue weighted by Crippen LogP contribution is 2.29. The van der Waals surface area contributed by atoms with E-state index in [0.717, 1.165) is 25.5 Å². The van der Waals surface area contributed by atoms with Gasteiger partial charge in [0, 0.05) is 19.1 Å². The molecule has 14 heavy (non-hydrogen) atoms. The molecule has 0 amide bonds. The van der Waals surface area contributed by atoms with Crippen LogP contribution >= 0.6 is 11.6 Å². The molecule has 0 N–H and O–H groups in total. The number of hydrogen-bond acceptors (Lipinski definition) is 1. The molecular weight excluding hydrogens is 196 g/mol. The van der Waals surface area contributed by atoms with Gasteiger partial charge in [0.05, 0.1) is 0 Å². The van der Waals surface area contributed by atoms with Crippen molar-refractivity contribution in [2.75, 3.05) is 19.1 Å². The summed E-state index contributed by atoms with van der Waals surface area (Å²) in [7, 11) is 0. The van der Waals surface area contributed by atoms with Gasteiger partial charge in [0.15, 0.2) is 0 Å². The molecule has 0 heterocycles. The fourth-order valence-corrected chi connectivity index (χ4v) is 1.90. The van der Waals surface area contributed by atoms with Crippen LogP contribution in [-0.2, 0) is 4.74 Å². The van der Waals surface area contributed by atoms with E-state index in [2.05, 4.69) is 34.6 Å². The van der Waals surface area contributed by atoms with Gasteiger partial charge in [-0.1, -0.05) is 34.6 Å². The summed E-state index contributed by atoms with van der Waals surface area (Å²) >= 11 is 5.94. The van der Waals surface area contributed by atoms with E-state index in [4.69, 9.17) is 16.3 Å². The second-order valence-electron chi connectivity index (χ2n) is 5.47. The molecule has 0 aromatic rings. The first-order valence-corrected chi connectivity index (χ1v) is 6.05. The van der Waals surface area contributed by atoms with E-state index in [0.29, 0.717) is 17.3 Å². The summed E-state index contributed by atoms with van der Waals surface area (Å²) in [4.78, 5) is 0. The topological polar surface area (TPSA) is 9.23 Å². The summed E-state index contributed by atoms with van der Waals surface area (Å²) in [6.07, 6.45) is 1.07. The van der Waals surface area contributed by atoms with Gasteiger partial charge in [0.25, 0.3) is 0 Å². The average molecular weight is 221 g/mol. The van der Waals surface area contributed by atoms with Crippen LogP contribution < -0.4 is 0 Å². The molecular formula is C12H25ClO. The first-order valence-electron chi connectivity index (χ1n) is 5.51. The second kappa shape index (κ2) is 6.68. The molecule has 0 rings (SSSR count). The molecule has 2 heteroatoms. The fraction of sp³-hybridized carbons (Fsp3) is 1.00. The lowest BCUT2D eigenvalue weighted by Gasteiger charge is -2.28. The maximum Gasteiger partial charge on any atom is 0.0488 e. The van der Waals surface area contributed by atoms with Gasteiger partial charge in [-0.3, -0.25) is 0 Å². The van der Waals surface area contributed by atoms with Crippen molar-refractivity contribution in [3.8, 4) is 0 Å². The Morgan fingerprint density at radius 1 is 1.21 bits per heavy atom. The Balaban J connectivity index is 3.64. The Morgan fingerprint density at radius 3 is 2.14 bits per heavy atom. The number of hydrogen-bond donors (Lipinski definition) is 0. The van der Waals surface area contributed by atoms with E-state index in [-0.39, 0.29) is 0 Å². The lowest BCUT2D eigenvalue weighted by atomic mass is 9.80. The molecule has 0 aromatic heterocycles. The number of rotatable bonds is 6. The minimum absolute atomic E-state index is 0.295. The van der Waals surface area contributed by atoms with Crippen molar-refractivity contribution >= 4 is 11.6 Å². The standard InChI is InChI=1S/C12H25ClO/c1-10(2)9-14-7-6-11(8-13)12(3,4)5/h10-11H,6-9H2,1-5H3. The van der Waals surface area contributed by atoms with Crippen molar-refractivity contribution in [3.05, 3.63) is 0 Å². The molecule has 1 atom stereocenters. The van der Waals surface area contributed by atoms with E-state index in [9.17, 15) is 0 Å². The van der Waals surface area contributed by atoms with E-state index >= 15 is 0 Å². The SMILES string of the molecule is CC(C)COCCC(CCl)C(C)(C)C. The van der Waals surface area contributed by atoms with Crippen molar-refractivity contribution in [1.82, 2.24) is 0 Å². The third-order valence-electron chi connectivity index (χ3n) is 2.47. The van der Waals surface area contributed by atoms with Crippen molar-refractivity contribution in [1.29, 1.82) is 0 Å². The fourth-order valence-electron chi connectivity index (χ4n) is 1.29. The maximum atomic E-state index is 5.94. The van der Waals surface area contributed by atoms with Gasteiger partial charge in [-0.05, 0) is 23.7 Å². The summed E-state index contributed by atoms with van der Waals surface area (Å²) in [6.45, 7) is 12.8. The molecule has 0 saturated carbocycles. The molecule has 0 radical (unpaired) electrons. The Bertz CT molecular complexity index is 138. The van der Waals surface area contributed by atoms with Gasteiger partial charge in [-0.25, -0.2) is 0 Å². The van der Waals surface area contributed by atoms with Crippen molar-refractivity contribution in [2.24, 2.45) is 17.3 Å². The van der Waals surface area contributed by atoms with Crippen LogP contribution in [0, 0.1) is 17.3 Å². The minimum Gasteiger partial charge on any atom is -0.381 e. The number of alkyl halides is 1. The molecule has 0 saturated heterocycles. The summed E-state index contributed by atoms with van der Waals surface area (Å²) in [5.74, 6) is 1.91. The van der Waals surface area contributed by atoms with Gasteiger partial charge in [-0.15, -0.1) is 11.6 Å². The van der Waals surface area contributed by atoms with Crippen LogP contribution in [0.1, 0.15) is 41.0 Å². The molecule has 0 aromatic carbocycles. The number of halogens is 1. The minimum atomic E-state index is 0.295. The zero-order chi connectivity index (χ0) is 11.2. The van der Waals surface area contributed by atoms with Crippen LogP contribution in [0.5, 0.6) is 0 Å². The first kappa shape index (κ1) is 14.2. The molecule has 1 unspecified atom stereocenters. The van der Waals surface area contributed by atoms with Gasteiger partial charge in [0.1, 0.15) is 0 Å². The molecule has 0 bridgehead atoms. The number of ether oxygens (including phenoxy) is 1. The Labute approximate surface area is 94.2 Å². The summed E-state index contributed by atoms with van der Waals surface area (Å²) in [6, 6.07) is 0. The predicted octanol–water partition coefficient (Wildman–Crippen LogP) is 3.95. The predicted molar refractivity (Wildman–Crippen MR) is 63.9 cm³/mol. The van der Waals surface area contributed by atoms with Crippen molar-refractivity contribution < 1.29 is 4.74 Å². The zero-order valence-corrected chi connectivity index (χ0v) is 11.0. The lowest BCUT2D eigenvalue weighted by molar-refractivity contribution is 0.0850. The molecule has 0 spiro atoms. The summed E-state index contributed by atoms with van der Waals surface area (Å²) < 4.78 is 5.56. The smallest absolute Gasteiger partial charge is 0.0488 e. The zero-order valence-electron chi connectivity index (χ0n) is 10.3. The van der Waals surface area contributed by atoms with Gasteiger partial charge in [0.2, 0.25) is 0 Å². The van der Waals surface area contributed by atoms with E-state index in [1.807, 2.05) is 0 Å². The molecule has 0 aliphatic heterocycles. The lowest BCUT2D eigenvalue weighted by Crippen LogP contribution is -2.23. The highest BCUT2D eigenvalue weighted by atomic mass is 35.5. The second-order valence-corrected chi connectivity index (χ2v) is 5.78. The van der Waals surface area contributed by atoms with Crippen molar-refractivity contribution in [2.45, 2.75) is 41.0 Å². The normalized spacial score (nSPS) is 14.8. The van der Waals surface area contributed by atoms with Crippen LogP contribution in [0.4, 0.5) is 0 Å². The molecule has 0 fully saturated rings. The Hall–Kier alpha value is 0.250. The Kier molecular flexibility index (Phi) is 6.80. The average Bonchev–Trinajstić information content (AvgIpc) is 2.01. The van der Waals surface area contributed by atoms with Crippen LogP contribution in [-0.4, -0.2) is 19.1 Å². The van der Waals surface area contributed by atoms with E-state index in [1.165, 1.54) is 0 Å². The molecule has 1 nitrogen and oxygen atoms in total. The molecule has 0 aliphatic carbocycles. The molecule has 0 aliphatic rings. The monoisotopic (exact) mass is 220 g/mol. The quantitative estimate of drug-likeness (QED) is 0.487. The van der Waals surface area contributed by atoms with E-state index in [1.54, 1.807) is 0 Å².